The van der Waals surface area contributed by atoms with Crippen molar-refractivity contribution in [2.75, 3.05) is 19.6 Å². The number of carbonyl (C=O) groups is 2. The molecule has 0 fully saturated rings. The first kappa shape index (κ1) is 19.7. The van der Waals surface area contributed by atoms with E-state index >= 15 is 0 Å². The Balaban J connectivity index is 2.77. The number of amides is 3. The summed E-state index contributed by atoms with van der Waals surface area (Å²) in [5, 5.41) is 5.84. The Bertz CT molecular complexity index is 552. The molecule has 0 aromatic heterocycles. The molecule has 0 radical (unpaired) electrons. The molecule has 0 aliphatic rings. The van der Waals surface area contributed by atoms with Gasteiger partial charge in [-0.3, -0.25) is 15.0 Å². The van der Waals surface area contributed by atoms with E-state index in [9.17, 15) is 9.59 Å². The molecule has 0 unspecified atom stereocenters. The predicted octanol–water partition coefficient (Wildman–Crippen LogP) is 3.61. The maximum Gasteiger partial charge on any atom is 0.321 e. The van der Waals surface area contributed by atoms with Gasteiger partial charge in [0, 0.05) is 12.6 Å². The van der Waals surface area contributed by atoms with E-state index in [2.05, 4.69) is 10.6 Å². The smallest absolute Gasteiger partial charge is 0.321 e. The van der Waals surface area contributed by atoms with Crippen molar-refractivity contribution in [3.05, 3.63) is 33.8 Å². The summed E-state index contributed by atoms with van der Waals surface area (Å²) in [6, 6.07) is 4.94. The average Bonchev–Trinajstić information content (AvgIpc) is 2.49. The second-order valence-electron chi connectivity index (χ2n) is 5.23. The molecule has 2 N–H and O–H groups in total. The van der Waals surface area contributed by atoms with Gasteiger partial charge in [0.05, 0.1) is 16.6 Å². The number of rotatable bonds is 7. The van der Waals surface area contributed by atoms with Gasteiger partial charge in [-0.05, 0) is 44.5 Å². The molecule has 0 aliphatic carbocycles. The molecule has 1 rings (SSSR count). The summed E-state index contributed by atoms with van der Waals surface area (Å²) >= 11 is 12.0. The van der Waals surface area contributed by atoms with Crippen LogP contribution in [0.3, 0.4) is 0 Å². The highest BCUT2D eigenvalue weighted by Gasteiger charge is 2.19. The van der Waals surface area contributed by atoms with Crippen molar-refractivity contribution in [1.82, 2.24) is 15.5 Å². The molecule has 5 nitrogen and oxygen atoms in total. The van der Waals surface area contributed by atoms with Gasteiger partial charge in [-0.1, -0.05) is 36.2 Å². The Morgan fingerprint density at radius 3 is 2.48 bits per heavy atom. The topological polar surface area (TPSA) is 61.4 Å². The highest BCUT2D eigenvalue weighted by molar-refractivity contribution is 6.42. The van der Waals surface area contributed by atoms with Crippen molar-refractivity contribution < 1.29 is 9.59 Å². The lowest BCUT2D eigenvalue weighted by atomic mass is 10.1. The molecular weight excluding hydrogens is 337 g/mol. The number of carbonyl (C=O) groups excluding carboxylic acids is 2. The van der Waals surface area contributed by atoms with Gasteiger partial charge in [0.25, 0.3) is 0 Å². The van der Waals surface area contributed by atoms with Crippen LogP contribution in [0.4, 0.5) is 4.79 Å². The van der Waals surface area contributed by atoms with E-state index in [1.165, 1.54) is 0 Å². The number of urea groups is 1. The zero-order chi connectivity index (χ0) is 17.4. The first-order valence-corrected chi connectivity index (χ1v) is 8.41. The maximum absolute atomic E-state index is 12.0. The minimum atomic E-state index is -0.476. The first-order valence-electron chi connectivity index (χ1n) is 7.65. The molecule has 0 saturated heterocycles. The first-order chi connectivity index (χ1) is 10.9. The van der Waals surface area contributed by atoms with Gasteiger partial charge in [0.15, 0.2) is 0 Å². The molecule has 128 valence electrons. The van der Waals surface area contributed by atoms with Gasteiger partial charge >= 0.3 is 6.03 Å². The number of benzene rings is 1. The minimum absolute atomic E-state index is 0.0234. The Hall–Kier alpha value is -1.30. The van der Waals surface area contributed by atoms with Crippen LogP contribution in [-0.4, -0.2) is 36.5 Å². The third kappa shape index (κ3) is 6.37. The van der Waals surface area contributed by atoms with Gasteiger partial charge in [-0.15, -0.1) is 0 Å². The zero-order valence-electron chi connectivity index (χ0n) is 13.7. The molecule has 1 aromatic carbocycles. The van der Waals surface area contributed by atoms with Crippen molar-refractivity contribution >= 4 is 35.1 Å². The van der Waals surface area contributed by atoms with Crippen LogP contribution in [0.25, 0.3) is 0 Å². The van der Waals surface area contributed by atoms with Crippen LogP contribution < -0.4 is 10.6 Å². The molecular formula is C16H23Cl2N3O2. The number of halogens is 2. The van der Waals surface area contributed by atoms with Crippen molar-refractivity contribution in [3.63, 3.8) is 0 Å². The van der Waals surface area contributed by atoms with E-state index < -0.39 is 6.03 Å². The Kier molecular flexibility index (Phi) is 8.37. The molecule has 7 heteroatoms. The Labute approximate surface area is 147 Å². The number of hydrogen-bond acceptors (Lipinski definition) is 3. The molecule has 3 amide bonds. The van der Waals surface area contributed by atoms with E-state index in [4.69, 9.17) is 23.2 Å². The van der Waals surface area contributed by atoms with E-state index in [1.54, 1.807) is 19.1 Å². The molecule has 1 atom stereocenters. The lowest BCUT2D eigenvalue weighted by Crippen LogP contribution is -2.45. The zero-order valence-corrected chi connectivity index (χ0v) is 15.2. The SMILES string of the molecule is CCCN(CC(=O)NC(=O)NCC)[C@@H](C)c1ccc(Cl)c(Cl)c1. The normalized spacial score (nSPS) is 12.1. The summed E-state index contributed by atoms with van der Waals surface area (Å²) in [7, 11) is 0. The highest BCUT2D eigenvalue weighted by Crippen LogP contribution is 2.28. The van der Waals surface area contributed by atoms with Crippen LogP contribution in [0.2, 0.25) is 10.0 Å². The van der Waals surface area contributed by atoms with Crippen LogP contribution in [0.15, 0.2) is 18.2 Å². The van der Waals surface area contributed by atoms with Gasteiger partial charge in [-0.2, -0.15) is 0 Å². The van der Waals surface area contributed by atoms with Crippen LogP contribution >= 0.6 is 23.2 Å². The van der Waals surface area contributed by atoms with Crippen molar-refractivity contribution in [1.29, 1.82) is 0 Å². The average molecular weight is 360 g/mol. The fourth-order valence-electron chi connectivity index (χ4n) is 2.24. The van der Waals surface area contributed by atoms with Crippen LogP contribution in [0.1, 0.15) is 38.8 Å². The molecule has 0 heterocycles. The van der Waals surface area contributed by atoms with E-state index in [0.717, 1.165) is 18.5 Å². The van der Waals surface area contributed by atoms with Gasteiger partial charge in [0.2, 0.25) is 5.91 Å². The molecule has 1 aromatic rings. The summed E-state index contributed by atoms with van der Waals surface area (Å²) in [6.07, 6.45) is 0.889. The second-order valence-corrected chi connectivity index (χ2v) is 6.04. The van der Waals surface area contributed by atoms with E-state index in [-0.39, 0.29) is 18.5 Å². The van der Waals surface area contributed by atoms with Crippen molar-refractivity contribution in [2.24, 2.45) is 0 Å². The molecule has 23 heavy (non-hydrogen) atoms. The monoisotopic (exact) mass is 359 g/mol. The molecule has 0 saturated carbocycles. The minimum Gasteiger partial charge on any atom is -0.338 e. The second kappa shape index (κ2) is 9.75. The summed E-state index contributed by atoms with van der Waals surface area (Å²) in [5.41, 5.74) is 0.971. The van der Waals surface area contributed by atoms with E-state index in [0.29, 0.717) is 16.6 Å². The summed E-state index contributed by atoms with van der Waals surface area (Å²) in [5.74, 6) is -0.337. The summed E-state index contributed by atoms with van der Waals surface area (Å²) < 4.78 is 0. The quantitative estimate of drug-likeness (QED) is 0.781. The molecule has 0 bridgehead atoms. The number of nitrogens with one attached hydrogen (secondary N) is 2. The van der Waals surface area contributed by atoms with Crippen molar-refractivity contribution in [3.8, 4) is 0 Å². The number of hydrogen-bond donors (Lipinski definition) is 2. The maximum atomic E-state index is 12.0. The summed E-state index contributed by atoms with van der Waals surface area (Å²) in [6.45, 7) is 7.15. The van der Waals surface area contributed by atoms with Crippen molar-refractivity contribution in [2.45, 2.75) is 33.2 Å². The standard InChI is InChI=1S/C16H23Cl2N3O2/c1-4-8-21(10-15(22)20-16(23)19-5-2)11(3)12-6-7-13(17)14(18)9-12/h6-7,9,11H,4-5,8,10H2,1-3H3,(H2,19,20,22,23)/t11-/m0/s1. The number of imide groups is 1. The lowest BCUT2D eigenvalue weighted by Gasteiger charge is -2.28. The number of nitrogens with zero attached hydrogens (tertiary/aromatic N) is 1. The molecule has 0 aliphatic heterocycles. The lowest BCUT2D eigenvalue weighted by molar-refractivity contribution is -0.121. The van der Waals surface area contributed by atoms with Crippen LogP contribution in [-0.2, 0) is 4.79 Å². The Morgan fingerprint density at radius 1 is 1.22 bits per heavy atom. The Morgan fingerprint density at radius 2 is 1.91 bits per heavy atom. The summed E-state index contributed by atoms with van der Waals surface area (Å²) in [4.78, 5) is 25.4. The van der Waals surface area contributed by atoms with E-state index in [1.807, 2.05) is 24.8 Å². The fraction of sp³-hybridized carbons (Fsp3) is 0.500. The largest absolute Gasteiger partial charge is 0.338 e. The molecule has 0 spiro atoms. The fourth-order valence-corrected chi connectivity index (χ4v) is 2.54. The van der Waals surface area contributed by atoms with Gasteiger partial charge in [-0.25, -0.2) is 4.79 Å². The van der Waals surface area contributed by atoms with Gasteiger partial charge < -0.3 is 5.32 Å². The predicted molar refractivity (Wildman–Crippen MR) is 94.0 cm³/mol. The third-order valence-electron chi connectivity index (χ3n) is 3.42. The van der Waals surface area contributed by atoms with Crippen LogP contribution in [0, 0.1) is 0 Å². The van der Waals surface area contributed by atoms with Crippen LogP contribution in [0.5, 0.6) is 0 Å². The van der Waals surface area contributed by atoms with Gasteiger partial charge in [0.1, 0.15) is 0 Å². The highest BCUT2D eigenvalue weighted by atomic mass is 35.5. The third-order valence-corrected chi connectivity index (χ3v) is 4.16.